The summed E-state index contributed by atoms with van der Waals surface area (Å²) in [7, 11) is 0. The van der Waals surface area contributed by atoms with Crippen LogP contribution in [-0.2, 0) is 0 Å². The van der Waals surface area contributed by atoms with Crippen molar-refractivity contribution in [3.63, 3.8) is 0 Å². The number of rotatable bonds is 0. The van der Waals surface area contributed by atoms with Gasteiger partial charge in [0.1, 0.15) is 6.07 Å². The van der Waals surface area contributed by atoms with Crippen molar-refractivity contribution < 1.29 is 0 Å². The zero-order valence-electron chi connectivity index (χ0n) is 6.91. The summed E-state index contributed by atoms with van der Waals surface area (Å²) in [6.07, 6.45) is 0. The van der Waals surface area contributed by atoms with Gasteiger partial charge in [0, 0.05) is 5.39 Å². The average molecular weight is 219 g/mol. The second-order valence-corrected chi connectivity index (χ2v) is 3.99. The summed E-state index contributed by atoms with van der Waals surface area (Å²) in [4.78, 5) is 0. The monoisotopic (exact) mass is 218 g/mol. The lowest BCUT2D eigenvalue weighted by molar-refractivity contribution is 1.49. The number of fused-ring (bicyclic) bond motifs is 1. The summed E-state index contributed by atoms with van der Waals surface area (Å²) in [5.74, 6) is 0. The maximum atomic E-state index is 8.89. The molecule has 0 amide bonds. The molecule has 2 aromatic rings. The summed E-state index contributed by atoms with van der Waals surface area (Å²) in [6, 6.07) is 7.47. The third-order valence-corrected chi connectivity index (χ3v) is 3.15. The summed E-state index contributed by atoms with van der Waals surface area (Å²) in [5, 5.41) is 20.7. The van der Waals surface area contributed by atoms with Gasteiger partial charge in [0.15, 0.2) is 0 Å². The molecule has 0 N–H and O–H groups in total. The van der Waals surface area contributed by atoms with E-state index in [-0.39, 0.29) is 0 Å². The zero-order valence-corrected chi connectivity index (χ0v) is 8.49. The van der Waals surface area contributed by atoms with E-state index in [0.29, 0.717) is 16.1 Å². The minimum Gasteiger partial charge on any atom is -0.192 e. The van der Waals surface area contributed by atoms with Crippen LogP contribution in [0, 0.1) is 22.7 Å². The van der Waals surface area contributed by atoms with Crippen molar-refractivity contribution in [1.29, 1.82) is 10.5 Å². The molecule has 0 saturated heterocycles. The number of nitriles is 2. The maximum absolute atomic E-state index is 8.89. The maximum Gasteiger partial charge on any atom is 0.102 e. The molecule has 1 aromatic heterocycles. The van der Waals surface area contributed by atoms with E-state index in [1.807, 2.05) is 17.5 Å². The molecule has 4 heteroatoms. The van der Waals surface area contributed by atoms with Gasteiger partial charge in [-0.1, -0.05) is 11.6 Å². The zero-order chi connectivity index (χ0) is 10.1. The van der Waals surface area contributed by atoms with E-state index in [1.54, 1.807) is 0 Å². The highest BCUT2D eigenvalue weighted by Gasteiger charge is 2.11. The van der Waals surface area contributed by atoms with E-state index in [4.69, 9.17) is 22.1 Å². The fourth-order valence-electron chi connectivity index (χ4n) is 1.30. The van der Waals surface area contributed by atoms with Crippen LogP contribution in [0.1, 0.15) is 11.1 Å². The predicted octanol–water partition coefficient (Wildman–Crippen LogP) is 3.30. The van der Waals surface area contributed by atoms with Crippen LogP contribution in [0.5, 0.6) is 0 Å². The van der Waals surface area contributed by atoms with Gasteiger partial charge < -0.3 is 0 Å². The lowest BCUT2D eigenvalue weighted by Gasteiger charge is -1.98. The van der Waals surface area contributed by atoms with Crippen LogP contribution >= 0.6 is 22.9 Å². The largest absolute Gasteiger partial charge is 0.192 e. The summed E-state index contributed by atoms with van der Waals surface area (Å²) in [6.45, 7) is 0. The molecule has 0 aliphatic heterocycles. The highest BCUT2D eigenvalue weighted by Crippen LogP contribution is 2.32. The standard InChI is InChI=1S/C10H3ClN2S/c11-9-3-6(4-12)7-1-2-14-10(7)8(9)5-13/h1-3H. The lowest BCUT2D eigenvalue weighted by Crippen LogP contribution is -1.82. The minimum atomic E-state index is 0.346. The van der Waals surface area contributed by atoms with Crippen LogP contribution in [0.2, 0.25) is 5.02 Å². The third kappa shape index (κ3) is 1.15. The van der Waals surface area contributed by atoms with Crippen molar-refractivity contribution in [3.05, 3.63) is 33.7 Å². The van der Waals surface area contributed by atoms with Crippen molar-refractivity contribution in [2.45, 2.75) is 0 Å². The molecule has 14 heavy (non-hydrogen) atoms. The van der Waals surface area contributed by atoms with Gasteiger partial charge in [0.05, 0.1) is 26.9 Å². The Morgan fingerprint density at radius 3 is 2.71 bits per heavy atom. The number of hydrogen-bond acceptors (Lipinski definition) is 3. The van der Waals surface area contributed by atoms with Crippen LogP contribution in [0.15, 0.2) is 17.5 Å². The van der Waals surface area contributed by atoms with Crippen molar-refractivity contribution in [3.8, 4) is 12.1 Å². The fraction of sp³-hybridized carbons (Fsp3) is 0. The van der Waals surface area contributed by atoms with Crippen LogP contribution in [0.25, 0.3) is 10.1 Å². The summed E-state index contributed by atoms with van der Waals surface area (Å²) in [5.41, 5.74) is 0.973. The molecule has 66 valence electrons. The molecule has 0 atom stereocenters. The van der Waals surface area contributed by atoms with Gasteiger partial charge in [-0.2, -0.15) is 10.5 Å². The van der Waals surface area contributed by atoms with E-state index in [2.05, 4.69) is 6.07 Å². The molecule has 0 saturated carbocycles. The first-order valence-corrected chi connectivity index (χ1v) is 5.03. The topological polar surface area (TPSA) is 47.6 Å². The first-order valence-electron chi connectivity index (χ1n) is 3.78. The highest BCUT2D eigenvalue weighted by atomic mass is 35.5. The molecule has 0 aliphatic rings. The first kappa shape index (κ1) is 9.02. The second-order valence-electron chi connectivity index (χ2n) is 2.67. The van der Waals surface area contributed by atoms with Crippen molar-refractivity contribution in [2.24, 2.45) is 0 Å². The van der Waals surface area contributed by atoms with E-state index in [1.165, 1.54) is 17.4 Å². The normalized spacial score (nSPS) is 9.64. The Kier molecular flexibility index (Phi) is 2.13. The Morgan fingerprint density at radius 2 is 2.07 bits per heavy atom. The molecular weight excluding hydrogens is 216 g/mol. The lowest BCUT2D eigenvalue weighted by atomic mass is 10.1. The smallest absolute Gasteiger partial charge is 0.102 e. The van der Waals surface area contributed by atoms with E-state index >= 15 is 0 Å². The molecule has 1 aromatic carbocycles. The van der Waals surface area contributed by atoms with Gasteiger partial charge in [-0.3, -0.25) is 0 Å². The second kappa shape index (κ2) is 3.31. The van der Waals surface area contributed by atoms with Gasteiger partial charge in [-0.25, -0.2) is 0 Å². The van der Waals surface area contributed by atoms with E-state index < -0.39 is 0 Å². The molecule has 0 fully saturated rings. The molecular formula is C10H3ClN2S. The van der Waals surface area contributed by atoms with Crippen molar-refractivity contribution in [1.82, 2.24) is 0 Å². The molecule has 1 heterocycles. The number of benzene rings is 1. The Morgan fingerprint density at radius 1 is 1.29 bits per heavy atom. The number of nitrogens with zero attached hydrogens (tertiary/aromatic N) is 2. The van der Waals surface area contributed by atoms with Gasteiger partial charge >= 0.3 is 0 Å². The van der Waals surface area contributed by atoms with E-state index in [0.717, 1.165) is 10.1 Å². The SMILES string of the molecule is N#Cc1cc(Cl)c(C#N)c2sccc12. The van der Waals surface area contributed by atoms with Crippen LogP contribution in [0.4, 0.5) is 0 Å². The Bertz CT molecular complexity index is 586. The van der Waals surface area contributed by atoms with Crippen LogP contribution in [0.3, 0.4) is 0 Å². The van der Waals surface area contributed by atoms with Gasteiger partial charge in [-0.05, 0) is 17.5 Å². The Balaban J connectivity index is 3.00. The first-order chi connectivity index (χ1) is 6.77. The molecule has 0 unspecified atom stereocenters. The van der Waals surface area contributed by atoms with E-state index in [9.17, 15) is 0 Å². The molecule has 2 rings (SSSR count). The summed E-state index contributed by atoms with van der Waals surface area (Å²) >= 11 is 7.30. The fourth-order valence-corrected chi connectivity index (χ4v) is 2.52. The Labute approximate surface area is 89.6 Å². The summed E-state index contributed by atoms with van der Waals surface area (Å²) < 4.78 is 0.788. The molecule has 0 radical (unpaired) electrons. The van der Waals surface area contributed by atoms with Crippen molar-refractivity contribution in [2.75, 3.05) is 0 Å². The number of hydrogen-bond donors (Lipinski definition) is 0. The molecule has 0 aliphatic carbocycles. The van der Waals surface area contributed by atoms with Crippen LogP contribution in [-0.4, -0.2) is 0 Å². The van der Waals surface area contributed by atoms with Crippen LogP contribution < -0.4 is 0 Å². The van der Waals surface area contributed by atoms with Crippen molar-refractivity contribution >= 4 is 33.0 Å². The quantitative estimate of drug-likeness (QED) is 0.681. The molecule has 2 nitrogen and oxygen atoms in total. The minimum absolute atomic E-state index is 0.346. The molecule has 0 spiro atoms. The highest BCUT2D eigenvalue weighted by molar-refractivity contribution is 7.17. The average Bonchev–Trinajstić information content (AvgIpc) is 2.65. The number of thiophene rings is 1. The van der Waals surface area contributed by atoms with Gasteiger partial charge in [0.25, 0.3) is 0 Å². The van der Waals surface area contributed by atoms with Gasteiger partial charge in [0.2, 0.25) is 0 Å². The number of halogens is 1. The third-order valence-electron chi connectivity index (χ3n) is 1.92. The molecule has 0 bridgehead atoms. The van der Waals surface area contributed by atoms with Gasteiger partial charge in [-0.15, -0.1) is 11.3 Å². The Hall–Kier alpha value is -1.55. The predicted molar refractivity (Wildman–Crippen MR) is 56.3 cm³/mol.